The molecule has 0 aliphatic carbocycles. The fourth-order valence-electron chi connectivity index (χ4n) is 2.49. The monoisotopic (exact) mass is 381 g/mol. The molecule has 1 heterocycles. The maximum absolute atomic E-state index is 12.5. The summed E-state index contributed by atoms with van der Waals surface area (Å²) in [6, 6.07) is 13.1. The van der Waals surface area contributed by atoms with Crippen LogP contribution in [0.15, 0.2) is 53.4 Å². The first-order valence-corrected chi connectivity index (χ1v) is 9.35. The fourth-order valence-corrected chi connectivity index (χ4v) is 3.70. The quantitative estimate of drug-likeness (QED) is 0.805. The minimum absolute atomic E-state index is 0.0934. The molecule has 1 aliphatic heterocycles. The van der Waals surface area contributed by atoms with Gasteiger partial charge in [-0.2, -0.15) is 0 Å². The highest BCUT2D eigenvalue weighted by Crippen LogP contribution is 2.32. The lowest BCUT2D eigenvalue weighted by Gasteiger charge is -2.25. The number of benzene rings is 2. The number of carbonyl (C=O) groups is 1. The Hall–Kier alpha value is -2.09. The number of hydrogen-bond acceptors (Lipinski definition) is 5. The van der Waals surface area contributed by atoms with Gasteiger partial charge in [-0.15, -0.1) is 0 Å². The Morgan fingerprint density at radius 1 is 1.12 bits per heavy atom. The summed E-state index contributed by atoms with van der Waals surface area (Å²) in [5.41, 5.74) is 0.309. The van der Waals surface area contributed by atoms with Crippen molar-refractivity contribution in [3.8, 4) is 0 Å². The molecule has 0 bridgehead atoms. The van der Waals surface area contributed by atoms with E-state index in [1.807, 2.05) is 6.92 Å². The van der Waals surface area contributed by atoms with E-state index in [4.69, 9.17) is 21.1 Å². The predicted octanol–water partition coefficient (Wildman–Crippen LogP) is 2.99. The maximum atomic E-state index is 12.5. The van der Waals surface area contributed by atoms with Crippen LogP contribution in [-0.4, -0.2) is 27.7 Å². The first kappa shape index (κ1) is 17.7. The number of hydrogen-bond donors (Lipinski definition) is 1. The van der Waals surface area contributed by atoms with Gasteiger partial charge >= 0.3 is 6.16 Å². The fraction of sp³-hybridized carbons (Fsp3) is 0.235. The van der Waals surface area contributed by atoms with Crippen LogP contribution in [0.1, 0.15) is 11.1 Å². The Morgan fingerprint density at radius 3 is 2.32 bits per heavy atom. The summed E-state index contributed by atoms with van der Waals surface area (Å²) >= 11 is 5.88. The number of carbonyl (C=O) groups excluding carboxylic acids is 1. The van der Waals surface area contributed by atoms with Gasteiger partial charge in [0.15, 0.2) is 5.60 Å². The number of ether oxygens (including phenoxy) is 2. The largest absolute Gasteiger partial charge is 0.509 e. The van der Waals surface area contributed by atoms with Crippen LogP contribution in [0.4, 0.5) is 4.79 Å². The first-order valence-electron chi connectivity index (χ1n) is 7.49. The molecule has 1 aliphatic rings. The number of halogens is 1. The van der Waals surface area contributed by atoms with Gasteiger partial charge in [0.1, 0.15) is 6.61 Å². The molecule has 2 aromatic rings. The third-order valence-corrected chi connectivity index (χ3v) is 5.62. The van der Waals surface area contributed by atoms with E-state index >= 15 is 0 Å². The molecule has 0 spiro atoms. The van der Waals surface area contributed by atoms with E-state index in [0.717, 1.165) is 5.56 Å². The van der Waals surface area contributed by atoms with Crippen molar-refractivity contribution in [2.45, 2.75) is 17.4 Å². The zero-order valence-corrected chi connectivity index (χ0v) is 14.9. The topological polar surface area (TPSA) is 81.7 Å². The number of cyclic esters (lactones) is 2. The molecule has 0 amide bonds. The van der Waals surface area contributed by atoms with Crippen LogP contribution in [0, 0.1) is 6.92 Å². The minimum atomic E-state index is -3.76. The highest BCUT2D eigenvalue weighted by atomic mass is 35.5. The standard InChI is InChI=1S/C17H16ClNO5S/c1-12-2-8-15(9-3-12)25(21,22)19-10-17(11-23-16(20)24-17)13-4-6-14(18)7-5-13/h2-9,19H,10-11H2,1H3. The van der Waals surface area contributed by atoms with Gasteiger partial charge in [-0.25, -0.2) is 17.9 Å². The lowest BCUT2D eigenvalue weighted by Crippen LogP contribution is -2.42. The molecule has 132 valence electrons. The third-order valence-electron chi connectivity index (χ3n) is 3.95. The summed E-state index contributed by atoms with van der Waals surface area (Å²) in [6.45, 7) is 1.62. The zero-order chi connectivity index (χ0) is 18.1. The van der Waals surface area contributed by atoms with Crippen LogP contribution in [-0.2, 0) is 25.1 Å². The van der Waals surface area contributed by atoms with E-state index in [1.165, 1.54) is 12.1 Å². The van der Waals surface area contributed by atoms with E-state index in [-0.39, 0.29) is 18.0 Å². The van der Waals surface area contributed by atoms with E-state index in [0.29, 0.717) is 10.6 Å². The zero-order valence-electron chi connectivity index (χ0n) is 13.4. The highest BCUT2D eigenvalue weighted by Gasteiger charge is 2.45. The first-order chi connectivity index (χ1) is 11.8. The van der Waals surface area contributed by atoms with Gasteiger partial charge in [-0.05, 0) is 31.2 Å². The van der Waals surface area contributed by atoms with E-state index in [9.17, 15) is 13.2 Å². The van der Waals surface area contributed by atoms with Gasteiger partial charge in [-0.3, -0.25) is 0 Å². The summed E-state index contributed by atoms with van der Waals surface area (Å²) < 4.78 is 37.7. The second-order valence-corrected chi connectivity index (χ2v) is 7.98. The van der Waals surface area contributed by atoms with E-state index in [1.54, 1.807) is 36.4 Å². The van der Waals surface area contributed by atoms with Crippen LogP contribution in [0.25, 0.3) is 0 Å². The second kappa shape index (κ2) is 6.67. The van der Waals surface area contributed by atoms with Crippen molar-refractivity contribution < 1.29 is 22.7 Å². The molecule has 1 N–H and O–H groups in total. The molecule has 1 saturated heterocycles. The predicted molar refractivity (Wildman–Crippen MR) is 91.9 cm³/mol. The molecule has 2 aromatic carbocycles. The lowest BCUT2D eigenvalue weighted by atomic mass is 9.95. The SMILES string of the molecule is Cc1ccc(S(=O)(=O)NCC2(c3ccc(Cl)cc3)COC(=O)O2)cc1. The molecule has 25 heavy (non-hydrogen) atoms. The summed E-state index contributed by atoms with van der Waals surface area (Å²) in [5.74, 6) is 0. The van der Waals surface area contributed by atoms with Gasteiger partial charge in [-0.1, -0.05) is 41.4 Å². The highest BCUT2D eigenvalue weighted by molar-refractivity contribution is 7.89. The summed E-state index contributed by atoms with van der Waals surface area (Å²) in [6.07, 6.45) is -0.843. The molecule has 0 radical (unpaired) electrons. The van der Waals surface area contributed by atoms with Crippen molar-refractivity contribution in [3.05, 3.63) is 64.7 Å². The van der Waals surface area contributed by atoms with E-state index < -0.39 is 21.8 Å². The van der Waals surface area contributed by atoms with Gasteiger partial charge in [0.2, 0.25) is 10.0 Å². The Kier molecular flexibility index (Phi) is 4.73. The summed E-state index contributed by atoms with van der Waals surface area (Å²) in [4.78, 5) is 11.6. The summed E-state index contributed by atoms with van der Waals surface area (Å²) in [5, 5.41) is 0.518. The van der Waals surface area contributed by atoms with Crippen LogP contribution in [0.3, 0.4) is 0 Å². The van der Waals surface area contributed by atoms with Crippen molar-refractivity contribution >= 4 is 27.8 Å². The van der Waals surface area contributed by atoms with Crippen molar-refractivity contribution in [1.82, 2.24) is 4.72 Å². The molecule has 6 nitrogen and oxygen atoms in total. The lowest BCUT2D eigenvalue weighted by molar-refractivity contribution is 0.0582. The number of rotatable bonds is 5. The molecular formula is C17H16ClNO5S. The third kappa shape index (κ3) is 3.78. The molecule has 1 fully saturated rings. The van der Waals surface area contributed by atoms with Gasteiger partial charge in [0.25, 0.3) is 0 Å². The smallest absolute Gasteiger partial charge is 0.430 e. The average Bonchev–Trinajstić information content (AvgIpc) is 2.97. The Morgan fingerprint density at radius 2 is 1.76 bits per heavy atom. The van der Waals surface area contributed by atoms with Gasteiger partial charge in [0, 0.05) is 10.6 Å². The Bertz CT molecular complexity index is 880. The van der Waals surface area contributed by atoms with Crippen molar-refractivity contribution in [1.29, 1.82) is 0 Å². The van der Waals surface area contributed by atoms with Crippen molar-refractivity contribution in [3.63, 3.8) is 0 Å². The van der Waals surface area contributed by atoms with Gasteiger partial charge < -0.3 is 9.47 Å². The average molecular weight is 382 g/mol. The molecular weight excluding hydrogens is 366 g/mol. The number of aryl methyl sites for hydroxylation is 1. The van der Waals surface area contributed by atoms with Crippen LogP contribution in [0.2, 0.25) is 5.02 Å². The van der Waals surface area contributed by atoms with Crippen LogP contribution < -0.4 is 4.72 Å². The minimum Gasteiger partial charge on any atom is -0.430 e. The molecule has 1 atom stereocenters. The second-order valence-electron chi connectivity index (χ2n) is 5.78. The van der Waals surface area contributed by atoms with Crippen molar-refractivity contribution in [2.75, 3.05) is 13.2 Å². The molecule has 0 saturated carbocycles. The Labute approximate surface area is 150 Å². The molecule has 0 aromatic heterocycles. The van der Waals surface area contributed by atoms with Crippen molar-refractivity contribution in [2.24, 2.45) is 0 Å². The van der Waals surface area contributed by atoms with Gasteiger partial charge in [0.05, 0.1) is 11.4 Å². The number of nitrogens with one attached hydrogen (secondary N) is 1. The summed E-state index contributed by atoms with van der Waals surface area (Å²) in [7, 11) is -3.76. The Balaban J connectivity index is 1.85. The van der Waals surface area contributed by atoms with Crippen LogP contribution >= 0.6 is 11.6 Å². The normalized spacial score (nSPS) is 20.2. The molecule has 1 unspecified atom stereocenters. The molecule has 8 heteroatoms. The molecule has 3 rings (SSSR count). The maximum Gasteiger partial charge on any atom is 0.509 e. The van der Waals surface area contributed by atoms with Crippen LogP contribution in [0.5, 0.6) is 0 Å². The van der Waals surface area contributed by atoms with E-state index in [2.05, 4.69) is 4.72 Å². The number of sulfonamides is 1.